The molecule has 2 aliphatic rings. The van der Waals surface area contributed by atoms with E-state index in [-0.39, 0.29) is 17.9 Å². The lowest BCUT2D eigenvalue weighted by atomic mass is 10.0. The smallest absolute Gasteiger partial charge is 0.278 e. The highest BCUT2D eigenvalue weighted by Crippen LogP contribution is 2.36. The van der Waals surface area contributed by atoms with Gasteiger partial charge < -0.3 is 4.90 Å². The molecule has 0 radical (unpaired) electrons. The number of carbonyl (C=O) groups excluding carboxylic acids is 2. The Morgan fingerprint density at radius 2 is 1.43 bits per heavy atom. The molecule has 2 aromatic carbocycles. The fourth-order valence-electron chi connectivity index (χ4n) is 4.69. The number of hydrogen-bond donors (Lipinski definition) is 0. The lowest BCUT2D eigenvalue weighted by Gasteiger charge is -2.28. The highest BCUT2D eigenvalue weighted by Gasteiger charge is 2.44. The van der Waals surface area contributed by atoms with Crippen LogP contribution in [0.2, 0.25) is 0 Å². The Morgan fingerprint density at radius 1 is 0.833 bits per heavy atom. The number of rotatable bonds is 6. The normalized spacial score (nSPS) is 18.1. The molecular weight excluding hydrogens is 372 g/mol. The first-order chi connectivity index (χ1) is 14.7. The van der Waals surface area contributed by atoms with Crippen molar-refractivity contribution in [2.75, 3.05) is 6.54 Å². The predicted molar refractivity (Wildman–Crippen MR) is 119 cm³/mol. The van der Waals surface area contributed by atoms with E-state index < -0.39 is 0 Å². The molecule has 2 amide bonds. The Hall–Kier alpha value is -2.88. The molecule has 1 heterocycles. The van der Waals surface area contributed by atoms with Crippen LogP contribution in [0.1, 0.15) is 56.6 Å². The van der Waals surface area contributed by atoms with E-state index in [4.69, 9.17) is 0 Å². The van der Waals surface area contributed by atoms with Crippen LogP contribution in [0, 0.1) is 0 Å². The molecule has 0 aromatic heterocycles. The molecule has 0 spiro atoms. The van der Waals surface area contributed by atoms with E-state index in [1.807, 2.05) is 55.5 Å². The van der Waals surface area contributed by atoms with E-state index in [0.29, 0.717) is 24.4 Å². The van der Waals surface area contributed by atoms with Crippen molar-refractivity contribution < 1.29 is 9.59 Å². The summed E-state index contributed by atoms with van der Waals surface area (Å²) >= 11 is 0. The minimum absolute atomic E-state index is 0.0131. The van der Waals surface area contributed by atoms with Gasteiger partial charge in [-0.2, -0.15) is 0 Å². The molecule has 4 nitrogen and oxygen atoms in total. The van der Waals surface area contributed by atoms with Gasteiger partial charge in [0.2, 0.25) is 0 Å². The molecule has 1 saturated carbocycles. The number of benzene rings is 2. The van der Waals surface area contributed by atoms with Gasteiger partial charge in [0.15, 0.2) is 0 Å². The zero-order valence-electron chi connectivity index (χ0n) is 17.7. The molecule has 30 heavy (non-hydrogen) atoms. The summed E-state index contributed by atoms with van der Waals surface area (Å²) in [6.07, 6.45) is 6.37. The molecule has 0 saturated heterocycles. The summed E-state index contributed by atoms with van der Waals surface area (Å²) in [5.74, 6) is -0.247. The van der Waals surface area contributed by atoms with Gasteiger partial charge in [-0.25, -0.2) is 0 Å². The number of imide groups is 1. The van der Waals surface area contributed by atoms with Crippen molar-refractivity contribution in [3.63, 3.8) is 0 Å². The Kier molecular flexibility index (Phi) is 6.32. The third kappa shape index (κ3) is 4.04. The van der Waals surface area contributed by atoms with E-state index in [1.165, 1.54) is 12.8 Å². The summed E-state index contributed by atoms with van der Waals surface area (Å²) in [4.78, 5) is 31.0. The molecule has 0 N–H and O–H groups in total. The van der Waals surface area contributed by atoms with Crippen molar-refractivity contribution >= 4 is 17.4 Å². The average molecular weight is 403 g/mol. The second-order valence-electron chi connectivity index (χ2n) is 8.22. The van der Waals surface area contributed by atoms with Crippen molar-refractivity contribution in [2.24, 2.45) is 0 Å². The lowest BCUT2D eigenvalue weighted by Crippen LogP contribution is -2.42. The van der Waals surface area contributed by atoms with Gasteiger partial charge in [-0.05, 0) is 30.9 Å². The van der Waals surface area contributed by atoms with Gasteiger partial charge in [-0.3, -0.25) is 14.5 Å². The number of carbonyl (C=O) groups is 2. The van der Waals surface area contributed by atoms with Crippen LogP contribution in [0.25, 0.3) is 5.57 Å². The van der Waals surface area contributed by atoms with Crippen molar-refractivity contribution in [1.29, 1.82) is 0 Å². The first kappa shape index (κ1) is 20.4. The van der Waals surface area contributed by atoms with Gasteiger partial charge in [-0.1, -0.05) is 86.3 Å². The predicted octanol–water partition coefficient (Wildman–Crippen LogP) is 5.01. The number of nitrogens with zero attached hydrogens (tertiary/aromatic N) is 2. The molecule has 4 rings (SSSR count). The molecule has 1 aliphatic heterocycles. The van der Waals surface area contributed by atoms with Gasteiger partial charge in [0.05, 0.1) is 5.57 Å². The minimum atomic E-state index is -0.125. The quantitative estimate of drug-likeness (QED) is 0.504. The summed E-state index contributed by atoms with van der Waals surface area (Å²) in [5.41, 5.74) is 3.07. The zero-order valence-corrected chi connectivity index (χ0v) is 17.7. The van der Waals surface area contributed by atoms with Crippen LogP contribution >= 0.6 is 0 Å². The van der Waals surface area contributed by atoms with Gasteiger partial charge in [0, 0.05) is 19.1 Å². The van der Waals surface area contributed by atoms with Crippen molar-refractivity contribution in [3.8, 4) is 0 Å². The van der Waals surface area contributed by atoms with Crippen LogP contribution in [0.4, 0.5) is 0 Å². The van der Waals surface area contributed by atoms with Gasteiger partial charge in [0.25, 0.3) is 11.8 Å². The van der Waals surface area contributed by atoms with Crippen molar-refractivity contribution in [3.05, 3.63) is 77.5 Å². The summed E-state index contributed by atoms with van der Waals surface area (Å²) in [7, 11) is 0. The van der Waals surface area contributed by atoms with Crippen molar-refractivity contribution in [2.45, 2.75) is 58.0 Å². The molecule has 1 fully saturated rings. The summed E-state index contributed by atoms with van der Waals surface area (Å²) < 4.78 is 0. The fourth-order valence-corrected chi connectivity index (χ4v) is 4.69. The topological polar surface area (TPSA) is 40.6 Å². The summed E-state index contributed by atoms with van der Waals surface area (Å²) in [5, 5.41) is 0. The molecule has 0 bridgehead atoms. The number of hydrogen-bond acceptors (Lipinski definition) is 3. The van der Waals surface area contributed by atoms with Gasteiger partial charge in [0.1, 0.15) is 5.70 Å². The first-order valence-electron chi connectivity index (χ1n) is 11.2. The second-order valence-corrected chi connectivity index (χ2v) is 8.22. The van der Waals surface area contributed by atoms with Crippen LogP contribution in [0.15, 0.2) is 66.4 Å². The average Bonchev–Trinajstić information content (AvgIpc) is 2.94. The minimum Gasteiger partial charge on any atom is -0.362 e. The van der Waals surface area contributed by atoms with E-state index in [1.54, 1.807) is 4.90 Å². The van der Waals surface area contributed by atoms with Crippen molar-refractivity contribution in [1.82, 2.24) is 9.80 Å². The van der Waals surface area contributed by atoms with E-state index in [2.05, 4.69) is 17.0 Å². The monoisotopic (exact) mass is 402 g/mol. The maximum absolute atomic E-state index is 13.7. The van der Waals surface area contributed by atoms with Crippen LogP contribution in [0.5, 0.6) is 0 Å². The lowest BCUT2D eigenvalue weighted by molar-refractivity contribution is -0.140. The zero-order chi connectivity index (χ0) is 20.9. The molecule has 1 aliphatic carbocycles. The number of likely N-dealkylation sites (N-methyl/N-ethyl adjacent to an activating group) is 1. The van der Waals surface area contributed by atoms with Crippen LogP contribution in [-0.4, -0.2) is 34.2 Å². The molecule has 0 atom stereocenters. The van der Waals surface area contributed by atoms with E-state index in [0.717, 1.165) is 36.8 Å². The molecular formula is C26H30N2O2. The maximum atomic E-state index is 13.7. The first-order valence-corrected chi connectivity index (χ1v) is 11.2. The Morgan fingerprint density at radius 3 is 2.03 bits per heavy atom. The molecule has 4 heteroatoms. The van der Waals surface area contributed by atoms with E-state index >= 15 is 0 Å². The third-order valence-corrected chi connectivity index (χ3v) is 6.26. The highest BCUT2D eigenvalue weighted by atomic mass is 16.2. The third-order valence-electron chi connectivity index (χ3n) is 6.26. The fraction of sp³-hybridized carbons (Fsp3) is 0.385. The second kappa shape index (κ2) is 9.29. The largest absolute Gasteiger partial charge is 0.362 e. The Balaban J connectivity index is 1.74. The van der Waals surface area contributed by atoms with Crippen LogP contribution in [-0.2, 0) is 16.1 Å². The summed E-state index contributed by atoms with van der Waals surface area (Å²) in [6, 6.07) is 19.8. The Labute approximate surface area is 179 Å². The van der Waals surface area contributed by atoms with Crippen LogP contribution < -0.4 is 0 Å². The van der Waals surface area contributed by atoms with Gasteiger partial charge in [-0.15, -0.1) is 0 Å². The van der Waals surface area contributed by atoms with Gasteiger partial charge >= 0.3 is 0 Å². The van der Waals surface area contributed by atoms with Crippen LogP contribution in [0.3, 0.4) is 0 Å². The molecule has 156 valence electrons. The SMILES string of the molecule is CCN(Cc1ccccc1)C1=C(c2ccccc2)C(=O)N(C2CCCCCC2)C1=O. The van der Waals surface area contributed by atoms with E-state index in [9.17, 15) is 9.59 Å². The standard InChI is InChI=1S/C26H30N2O2/c1-2-27(19-20-13-7-5-8-14-20)24-23(21-15-9-6-10-16-21)25(29)28(26(24)30)22-17-11-3-4-12-18-22/h5-10,13-16,22H,2-4,11-12,17-19H2,1H3. The Bertz CT molecular complexity index is 913. The molecule has 0 unspecified atom stereocenters. The maximum Gasteiger partial charge on any atom is 0.278 e. The highest BCUT2D eigenvalue weighted by molar-refractivity contribution is 6.35. The molecule has 2 aromatic rings. The number of amides is 2. The summed E-state index contributed by atoms with van der Waals surface area (Å²) in [6.45, 7) is 3.32.